The Morgan fingerprint density at radius 3 is 2.56 bits per heavy atom. The lowest BCUT2D eigenvalue weighted by Gasteiger charge is -2.03. The number of amides is 1. The lowest BCUT2D eigenvalue weighted by atomic mass is 10.1. The molecule has 0 aliphatic heterocycles. The summed E-state index contributed by atoms with van der Waals surface area (Å²) < 4.78 is 0. The smallest absolute Gasteiger partial charge is 0.271 e. The number of benzene rings is 3. The number of thioether (sulfide) groups is 1. The van der Waals surface area contributed by atoms with Crippen LogP contribution in [0.1, 0.15) is 27.2 Å². The first kappa shape index (κ1) is 20.1. The van der Waals surface area contributed by atoms with Gasteiger partial charge in [-0.1, -0.05) is 54.2 Å². The van der Waals surface area contributed by atoms with Crippen LogP contribution in [0.5, 0.6) is 0 Å². The summed E-state index contributed by atoms with van der Waals surface area (Å²) in [6, 6.07) is 23.5. The van der Waals surface area contributed by atoms with Gasteiger partial charge in [0.1, 0.15) is 0 Å². The van der Waals surface area contributed by atoms with Crippen molar-refractivity contribution in [2.75, 3.05) is 0 Å². The molecule has 0 unspecified atom stereocenters. The molecule has 2 heterocycles. The second kappa shape index (κ2) is 8.72. The number of rotatable bonds is 6. The summed E-state index contributed by atoms with van der Waals surface area (Å²) in [5.74, 6) is 0.523. The van der Waals surface area contributed by atoms with Gasteiger partial charge in [0, 0.05) is 33.5 Å². The van der Waals surface area contributed by atoms with Gasteiger partial charge < -0.3 is 9.97 Å². The molecule has 32 heavy (non-hydrogen) atoms. The molecule has 0 radical (unpaired) electrons. The molecule has 3 aromatic carbocycles. The number of aromatic amines is 2. The Hall–Kier alpha value is -3.84. The van der Waals surface area contributed by atoms with Gasteiger partial charge >= 0.3 is 0 Å². The van der Waals surface area contributed by atoms with Gasteiger partial charge in [-0.3, -0.25) is 4.79 Å². The van der Waals surface area contributed by atoms with Crippen LogP contribution in [0.2, 0.25) is 0 Å². The Balaban J connectivity index is 1.20. The molecule has 0 aliphatic carbocycles. The molecule has 0 bridgehead atoms. The normalized spacial score (nSPS) is 11.5. The van der Waals surface area contributed by atoms with Crippen molar-refractivity contribution in [3.05, 3.63) is 95.2 Å². The summed E-state index contributed by atoms with van der Waals surface area (Å²) in [4.78, 5) is 23.7. The lowest BCUT2D eigenvalue weighted by molar-refractivity contribution is 0.0955. The maximum absolute atomic E-state index is 12.5. The van der Waals surface area contributed by atoms with Gasteiger partial charge in [0.2, 0.25) is 0 Å². The number of aryl methyl sites for hydroxylation is 1. The summed E-state index contributed by atoms with van der Waals surface area (Å²) in [5, 5.41) is 6.12. The molecular weight excluding hydrogens is 418 g/mol. The van der Waals surface area contributed by atoms with Crippen molar-refractivity contribution < 1.29 is 4.79 Å². The van der Waals surface area contributed by atoms with E-state index in [1.807, 2.05) is 79.7 Å². The SMILES string of the molecule is Cc1[nH]c2ccccc2c1/C=N/NC(=O)c1ccc(CSc2nc3ccccc3[nH]2)cc1. The highest BCUT2D eigenvalue weighted by molar-refractivity contribution is 7.98. The Morgan fingerprint density at radius 1 is 1.00 bits per heavy atom. The largest absolute Gasteiger partial charge is 0.358 e. The molecule has 3 N–H and O–H groups in total. The number of imidazole rings is 1. The van der Waals surface area contributed by atoms with Crippen molar-refractivity contribution in [3.63, 3.8) is 0 Å². The van der Waals surface area contributed by atoms with E-state index in [0.29, 0.717) is 5.56 Å². The molecule has 0 saturated carbocycles. The molecule has 158 valence electrons. The molecule has 0 fully saturated rings. The van der Waals surface area contributed by atoms with Crippen LogP contribution < -0.4 is 5.43 Å². The quantitative estimate of drug-likeness (QED) is 0.188. The first-order chi connectivity index (χ1) is 15.7. The van der Waals surface area contributed by atoms with Gasteiger partial charge in [-0.15, -0.1) is 0 Å². The number of nitrogens with one attached hydrogen (secondary N) is 3. The Labute approximate surface area is 189 Å². The molecule has 6 nitrogen and oxygen atoms in total. The van der Waals surface area contributed by atoms with Crippen molar-refractivity contribution in [1.29, 1.82) is 0 Å². The van der Waals surface area contributed by atoms with E-state index >= 15 is 0 Å². The molecule has 0 atom stereocenters. The fourth-order valence-electron chi connectivity index (χ4n) is 3.59. The molecule has 5 aromatic rings. The van der Waals surface area contributed by atoms with Crippen molar-refractivity contribution in [2.24, 2.45) is 5.10 Å². The number of H-pyrrole nitrogens is 2. The van der Waals surface area contributed by atoms with E-state index in [1.54, 1.807) is 18.0 Å². The van der Waals surface area contributed by atoms with Gasteiger partial charge in [-0.05, 0) is 42.8 Å². The van der Waals surface area contributed by atoms with E-state index in [1.165, 1.54) is 0 Å². The highest BCUT2D eigenvalue weighted by Gasteiger charge is 2.08. The highest BCUT2D eigenvalue weighted by Crippen LogP contribution is 2.23. The molecule has 7 heteroatoms. The number of hydrazone groups is 1. The van der Waals surface area contributed by atoms with Crippen molar-refractivity contribution in [3.8, 4) is 0 Å². The minimum absolute atomic E-state index is 0.241. The summed E-state index contributed by atoms with van der Waals surface area (Å²) in [6.07, 6.45) is 1.68. The Kier molecular flexibility index (Phi) is 5.47. The van der Waals surface area contributed by atoms with Crippen LogP contribution in [0, 0.1) is 6.92 Å². The van der Waals surface area contributed by atoms with Crippen LogP contribution in [0.4, 0.5) is 0 Å². The van der Waals surface area contributed by atoms with Crippen LogP contribution in [-0.2, 0) is 5.75 Å². The van der Waals surface area contributed by atoms with Crippen molar-refractivity contribution >= 4 is 45.8 Å². The van der Waals surface area contributed by atoms with E-state index in [-0.39, 0.29) is 5.91 Å². The van der Waals surface area contributed by atoms with Gasteiger partial charge in [-0.2, -0.15) is 5.10 Å². The van der Waals surface area contributed by atoms with E-state index in [4.69, 9.17) is 0 Å². The first-order valence-corrected chi connectivity index (χ1v) is 11.2. The fourth-order valence-corrected chi connectivity index (χ4v) is 4.43. The summed E-state index contributed by atoms with van der Waals surface area (Å²) in [5.41, 5.74) is 9.33. The maximum Gasteiger partial charge on any atom is 0.271 e. The molecule has 1 amide bonds. The number of para-hydroxylation sites is 3. The van der Waals surface area contributed by atoms with Crippen LogP contribution in [0.15, 0.2) is 83.1 Å². The zero-order chi connectivity index (χ0) is 21.9. The van der Waals surface area contributed by atoms with Crippen LogP contribution >= 0.6 is 11.8 Å². The second-order valence-corrected chi connectivity index (χ2v) is 8.42. The summed E-state index contributed by atoms with van der Waals surface area (Å²) in [6.45, 7) is 1.99. The number of carbonyl (C=O) groups is 1. The standard InChI is InChI=1S/C25H21N5OS/c1-16-20(19-6-2-3-7-21(19)27-16)14-26-30-24(31)18-12-10-17(11-13-18)15-32-25-28-22-8-4-5-9-23(22)29-25/h2-14,27H,15H2,1H3,(H,28,29)(H,30,31)/b26-14+. The third-order valence-corrected chi connectivity index (χ3v) is 6.21. The van der Waals surface area contributed by atoms with Crippen LogP contribution in [0.3, 0.4) is 0 Å². The number of hydrogen-bond donors (Lipinski definition) is 3. The van der Waals surface area contributed by atoms with Gasteiger partial charge in [-0.25, -0.2) is 10.4 Å². The monoisotopic (exact) mass is 439 g/mol. The predicted octanol–water partition coefficient (Wildman–Crippen LogP) is 5.41. The minimum atomic E-state index is -0.241. The number of aromatic nitrogens is 3. The molecule has 0 aliphatic rings. The third-order valence-electron chi connectivity index (χ3n) is 5.26. The van der Waals surface area contributed by atoms with E-state index < -0.39 is 0 Å². The van der Waals surface area contributed by atoms with Gasteiger partial charge in [0.15, 0.2) is 5.16 Å². The van der Waals surface area contributed by atoms with Crippen LogP contribution in [0.25, 0.3) is 21.9 Å². The Morgan fingerprint density at radius 2 is 1.75 bits per heavy atom. The van der Waals surface area contributed by atoms with E-state index in [9.17, 15) is 4.79 Å². The fraction of sp³-hybridized carbons (Fsp3) is 0.0800. The Bertz CT molecular complexity index is 1400. The van der Waals surface area contributed by atoms with Crippen molar-refractivity contribution in [2.45, 2.75) is 17.8 Å². The number of carbonyl (C=O) groups excluding carboxylic acids is 1. The summed E-state index contributed by atoms with van der Waals surface area (Å²) >= 11 is 1.63. The zero-order valence-electron chi connectivity index (χ0n) is 17.4. The van der Waals surface area contributed by atoms with Gasteiger partial charge in [0.05, 0.1) is 17.2 Å². The van der Waals surface area contributed by atoms with Gasteiger partial charge in [0.25, 0.3) is 5.91 Å². The maximum atomic E-state index is 12.5. The first-order valence-electron chi connectivity index (χ1n) is 10.2. The topological polar surface area (TPSA) is 85.9 Å². The van der Waals surface area contributed by atoms with E-state index in [2.05, 4.69) is 25.5 Å². The number of nitrogens with zero attached hydrogens (tertiary/aromatic N) is 2. The molecule has 0 saturated heterocycles. The number of hydrogen-bond acceptors (Lipinski definition) is 4. The predicted molar refractivity (Wildman–Crippen MR) is 130 cm³/mol. The molecule has 2 aromatic heterocycles. The third kappa shape index (κ3) is 4.15. The second-order valence-electron chi connectivity index (χ2n) is 7.45. The average molecular weight is 440 g/mol. The average Bonchev–Trinajstić information content (AvgIpc) is 3.38. The molecule has 5 rings (SSSR count). The lowest BCUT2D eigenvalue weighted by Crippen LogP contribution is -2.17. The number of fused-ring (bicyclic) bond motifs is 2. The molecule has 0 spiro atoms. The zero-order valence-corrected chi connectivity index (χ0v) is 18.2. The summed E-state index contributed by atoms with van der Waals surface area (Å²) in [7, 11) is 0. The highest BCUT2D eigenvalue weighted by atomic mass is 32.2. The van der Waals surface area contributed by atoms with E-state index in [0.717, 1.165) is 49.7 Å². The van der Waals surface area contributed by atoms with Crippen molar-refractivity contribution in [1.82, 2.24) is 20.4 Å². The van der Waals surface area contributed by atoms with Crippen LogP contribution in [-0.4, -0.2) is 27.1 Å². The minimum Gasteiger partial charge on any atom is -0.358 e. The molecular formula is C25H21N5OS.